The second kappa shape index (κ2) is 24.0. The van der Waals surface area contributed by atoms with Crippen molar-refractivity contribution >= 4 is 35.8 Å². The molecule has 0 aliphatic heterocycles. The number of nitrogens with zero attached hydrogens (tertiary/aromatic N) is 1. The Balaban J connectivity index is 1.38. The third-order valence-electron chi connectivity index (χ3n) is 8.22. The van der Waals surface area contributed by atoms with Crippen molar-refractivity contribution in [2.75, 3.05) is 79.0 Å². The van der Waals surface area contributed by atoms with E-state index >= 15 is 0 Å². The summed E-state index contributed by atoms with van der Waals surface area (Å²) in [5.41, 5.74) is 3.28. The first kappa shape index (κ1) is 47.3. The highest BCUT2D eigenvalue weighted by Crippen LogP contribution is 2.44. The maximum atomic E-state index is 13.2. The minimum Gasteiger partial charge on any atom is -0.460 e. The van der Waals surface area contributed by atoms with Crippen LogP contribution in [0.1, 0.15) is 77.8 Å². The van der Waals surface area contributed by atoms with Crippen LogP contribution >= 0.6 is 0 Å². The minimum atomic E-state index is -0.598. The van der Waals surface area contributed by atoms with Crippen LogP contribution in [0, 0.1) is 0 Å². The van der Waals surface area contributed by atoms with E-state index in [9.17, 15) is 28.8 Å². The number of ether oxygens (including phenoxy) is 6. The van der Waals surface area contributed by atoms with Crippen LogP contribution in [0.4, 0.5) is 4.79 Å². The maximum Gasteiger partial charge on any atom is 0.407 e. The van der Waals surface area contributed by atoms with Gasteiger partial charge >= 0.3 is 18.0 Å². The van der Waals surface area contributed by atoms with E-state index in [0.29, 0.717) is 0 Å². The Morgan fingerprint density at radius 3 is 1.43 bits per heavy atom. The Bertz CT molecular complexity index is 1570. The quantitative estimate of drug-likeness (QED) is 0.0795. The zero-order valence-electron chi connectivity index (χ0n) is 34.6. The summed E-state index contributed by atoms with van der Waals surface area (Å²) in [5, 5.41) is 7.94. The lowest BCUT2D eigenvalue weighted by Crippen LogP contribution is -2.46. The minimum absolute atomic E-state index is 0.0259. The zero-order valence-corrected chi connectivity index (χ0v) is 34.6. The number of nitrogens with one attached hydrogen (secondary N) is 3. The summed E-state index contributed by atoms with van der Waals surface area (Å²) in [7, 11) is 0. The maximum absolute atomic E-state index is 13.2. The van der Waals surface area contributed by atoms with Crippen LogP contribution in [0.15, 0.2) is 48.5 Å². The highest BCUT2D eigenvalue weighted by molar-refractivity contribution is 5.89. The zero-order chi connectivity index (χ0) is 42.6. The summed E-state index contributed by atoms with van der Waals surface area (Å²) >= 11 is 0. The highest BCUT2D eigenvalue weighted by Gasteiger charge is 2.29. The van der Waals surface area contributed by atoms with Gasteiger partial charge in [0, 0.05) is 25.6 Å². The summed E-state index contributed by atoms with van der Waals surface area (Å²) in [6, 6.07) is 16.1. The van der Waals surface area contributed by atoms with Gasteiger partial charge in [-0.2, -0.15) is 0 Å². The van der Waals surface area contributed by atoms with Crippen molar-refractivity contribution in [3.63, 3.8) is 0 Å². The lowest BCUT2D eigenvalue weighted by molar-refractivity contribution is -0.157. The molecule has 0 aromatic heterocycles. The van der Waals surface area contributed by atoms with E-state index in [2.05, 4.69) is 28.1 Å². The van der Waals surface area contributed by atoms with Gasteiger partial charge in [-0.05, 0) is 63.8 Å². The fourth-order valence-electron chi connectivity index (χ4n) is 5.81. The molecule has 320 valence electrons. The average molecular weight is 813 g/mol. The second-order valence-electron chi connectivity index (χ2n) is 15.5. The molecule has 3 rings (SSSR count). The summed E-state index contributed by atoms with van der Waals surface area (Å²) in [4.78, 5) is 75.9. The number of hydrogen-bond donors (Lipinski definition) is 3. The molecule has 0 saturated carbocycles. The standard InChI is InChI=1S/C42H60N4O12/c1-41(2,3)57-38(50)16-22-54-24-18-43-35(47)27-46(28-36(48)44-19-25-55-23-17-39(51)58-42(4,5)6)37(49)15-21-53-26-20-45-40(52)56-29-34-32-13-9-7-11-30(32)31-12-8-10-14-33(31)34/h7-14,34H,15-29H2,1-6H3,(H,43,47)(H,44,48)(H,45,52). The number of fused-ring (bicyclic) bond motifs is 3. The highest BCUT2D eigenvalue weighted by atomic mass is 16.6. The smallest absolute Gasteiger partial charge is 0.407 e. The Labute approximate surface area is 340 Å². The lowest BCUT2D eigenvalue weighted by Gasteiger charge is -2.22. The van der Waals surface area contributed by atoms with Crippen LogP contribution in [-0.4, -0.2) is 131 Å². The van der Waals surface area contributed by atoms with E-state index in [1.54, 1.807) is 41.5 Å². The molecular formula is C42H60N4O12. The van der Waals surface area contributed by atoms with Crippen molar-refractivity contribution in [2.45, 2.75) is 77.9 Å². The van der Waals surface area contributed by atoms with Crippen LogP contribution < -0.4 is 16.0 Å². The topological polar surface area (TPSA) is 197 Å². The molecule has 1 aliphatic carbocycles. The third kappa shape index (κ3) is 18.5. The van der Waals surface area contributed by atoms with E-state index in [4.69, 9.17) is 28.4 Å². The summed E-state index contributed by atoms with van der Waals surface area (Å²) in [6.07, 6.45) is -0.602. The number of carbonyl (C=O) groups is 6. The van der Waals surface area contributed by atoms with Gasteiger partial charge < -0.3 is 49.3 Å². The van der Waals surface area contributed by atoms with Gasteiger partial charge in [-0.3, -0.25) is 24.0 Å². The largest absolute Gasteiger partial charge is 0.460 e. The molecule has 0 heterocycles. The molecule has 16 nitrogen and oxygen atoms in total. The van der Waals surface area contributed by atoms with Gasteiger partial charge in [0.15, 0.2) is 0 Å². The number of hydrogen-bond acceptors (Lipinski definition) is 12. The Morgan fingerprint density at radius 2 is 0.983 bits per heavy atom. The third-order valence-corrected chi connectivity index (χ3v) is 8.22. The summed E-state index contributed by atoms with van der Waals surface area (Å²) in [6.45, 7) is 10.9. The van der Waals surface area contributed by atoms with E-state index in [1.165, 1.54) is 0 Å². The van der Waals surface area contributed by atoms with Gasteiger partial charge in [0.1, 0.15) is 30.9 Å². The van der Waals surface area contributed by atoms with Crippen molar-refractivity contribution in [3.05, 3.63) is 59.7 Å². The molecule has 0 saturated heterocycles. The number of amides is 4. The van der Waals surface area contributed by atoms with Gasteiger partial charge in [-0.25, -0.2) is 4.79 Å². The van der Waals surface area contributed by atoms with Crippen LogP contribution in [-0.2, 0) is 52.4 Å². The fraction of sp³-hybridized carbons (Fsp3) is 0.571. The van der Waals surface area contributed by atoms with Crippen molar-refractivity contribution in [2.24, 2.45) is 0 Å². The first-order valence-corrected chi connectivity index (χ1v) is 19.6. The molecule has 0 bridgehead atoms. The van der Waals surface area contributed by atoms with Gasteiger partial charge in [0.25, 0.3) is 0 Å². The summed E-state index contributed by atoms with van der Waals surface area (Å²) in [5.74, 6) is -2.40. The molecule has 2 aromatic rings. The lowest BCUT2D eigenvalue weighted by atomic mass is 9.98. The molecule has 0 radical (unpaired) electrons. The van der Waals surface area contributed by atoms with E-state index in [1.807, 2.05) is 36.4 Å². The number of rotatable bonds is 24. The first-order valence-electron chi connectivity index (χ1n) is 19.6. The molecule has 0 unspecified atom stereocenters. The predicted octanol–water partition coefficient (Wildman–Crippen LogP) is 3.49. The number of carbonyl (C=O) groups excluding carboxylic acids is 6. The molecule has 1 aliphatic rings. The van der Waals surface area contributed by atoms with Gasteiger partial charge in [0.2, 0.25) is 17.7 Å². The molecular weight excluding hydrogens is 752 g/mol. The van der Waals surface area contributed by atoms with Gasteiger partial charge in [-0.1, -0.05) is 48.5 Å². The number of benzene rings is 2. The SMILES string of the molecule is CC(C)(C)OC(=O)CCOCCNC(=O)CN(CC(=O)NCCOCCC(=O)OC(C)(C)C)C(=O)CCOCCNC(=O)OCC1c2ccccc2-c2ccccc21. The molecule has 16 heteroatoms. The first-order chi connectivity index (χ1) is 27.5. The molecule has 3 N–H and O–H groups in total. The molecule has 0 atom stereocenters. The predicted molar refractivity (Wildman–Crippen MR) is 214 cm³/mol. The molecule has 0 spiro atoms. The van der Waals surface area contributed by atoms with Crippen molar-refractivity contribution < 1.29 is 57.2 Å². The van der Waals surface area contributed by atoms with Crippen LogP contribution in [0.2, 0.25) is 0 Å². The molecule has 4 amide bonds. The van der Waals surface area contributed by atoms with Crippen LogP contribution in [0.25, 0.3) is 11.1 Å². The molecule has 2 aromatic carbocycles. The van der Waals surface area contributed by atoms with Crippen molar-refractivity contribution in [3.8, 4) is 11.1 Å². The van der Waals surface area contributed by atoms with Gasteiger partial charge in [-0.15, -0.1) is 0 Å². The second-order valence-corrected chi connectivity index (χ2v) is 15.5. The van der Waals surface area contributed by atoms with E-state index in [0.717, 1.165) is 27.2 Å². The van der Waals surface area contributed by atoms with Crippen molar-refractivity contribution in [1.29, 1.82) is 0 Å². The van der Waals surface area contributed by atoms with Crippen LogP contribution in [0.5, 0.6) is 0 Å². The van der Waals surface area contributed by atoms with E-state index in [-0.39, 0.29) is 91.1 Å². The Kier molecular flexibility index (Phi) is 19.6. The summed E-state index contributed by atoms with van der Waals surface area (Å²) < 4.78 is 32.4. The number of esters is 2. The van der Waals surface area contributed by atoms with Gasteiger partial charge in [0.05, 0.1) is 58.9 Å². The van der Waals surface area contributed by atoms with Crippen LogP contribution in [0.3, 0.4) is 0 Å². The average Bonchev–Trinajstić information content (AvgIpc) is 3.46. The fourth-order valence-corrected chi connectivity index (χ4v) is 5.81. The molecule has 0 fully saturated rings. The Hall–Kier alpha value is -5.06. The number of alkyl carbamates (subject to hydrolysis) is 1. The monoisotopic (exact) mass is 812 g/mol. The van der Waals surface area contributed by atoms with E-state index < -0.39 is 60.0 Å². The van der Waals surface area contributed by atoms with Crippen molar-refractivity contribution in [1.82, 2.24) is 20.9 Å². The molecule has 58 heavy (non-hydrogen) atoms. The Morgan fingerprint density at radius 1 is 0.569 bits per heavy atom. The normalized spacial score (nSPS) is 12.2.